The summed E-state index contributed by atoms with van der Waals surface area (Å²) in [5.74, 6) is -0.758. The molecular weight excluding hydrogens is 436 g/mol. The van der Waals surface area contributed by atoms with E-state index in [1.807, 2.05) is 60.7 Å². The Labute approximate surface area is 204 Å². The first-order chi connectivity index (χ1) is 17.1. The van der Waals surface area contributed by atoms with E-state index in [-0.39, 0.29) is 17.7 Å². The van der Waals surface area contributed by atoms with Crippen molar-refractivity contribution in [1.29, 1.82) is 0 Å². The predicted molar refractivity (Wildman–Crippen MR) is 141 cm³/mol. The Bertz CT molecular complexity index is 1300. The summed E-state index contributed by atoms with van der Waals surface area (Å²) in [7, 11) is 0. The minimum Gasteiger partial charge on any atom is -0.397 e. The monoisotopic (exact) mass is 462 g/mol. The highest BCUT2D eigenvalue weighted by Crippen LogP contribution is 2.23. The molecule has 4 aromatic rings. The minimum absolute atomic E-state index is 0.107. The predicted octanol–water partition coefficient (Wildman–Crippen LogP) is 5.28. The van der Waals surface area contributed by atoms with E-state index in [2.05, 4.69) is 15.6 Å². The number of nitrogens with two attached hydrogens (primary N) is 1. The second kappa shape index (κ2) is 11.4. The fourth-order valence-electron chi connectivity index (χ4n) is 3.65. The van der Waals surface area contributed by atoms with Gasteiger partial charge in [-0.15, -0.1) is 0 Å². The quantitative estimate of drug-likeness (QED) is 0.245. The lowest BCUT2D eigenvalue weighted by Gasteiger charge is -2.17. The fraction of sp³-hybridized carbons (Fsp3) is 0.0690. The number of pyridine rings is 1. The average molecular weight is 463 g/mol. The van der Waals surface area contributed by atoms with E-state index in [0.717, 1.165) is 11.1 Å². The third kappa shape index (κ3) is 6.65. The molecule has 0 bridgehead atoms. The van der Waals surface area contributed by atoms with Crippen molar-refractivity contribution >= 4 is 35.0 Å². The molecule has 1 atom stereocenters. The highest BCUT2D eigenvalue weighted by atomic mass is 16.2. The molecule has 6 heteroatoms. The smallest absolute Gasteiger partial charge is 0.248 e. The number of hydrogen-bond donors (Lipinski definition) is 3. The zero-order valence-corrected chi connectivity index (χ0v) is 19.1. The number of nitrogens with one attached hydrogen (secondary N) is 2. The lowest BCUT2D eigenvalue weighted by atomic mass is 9.91. The standard InChI is InChI=1S/C29H26N4O2/c30-26-13-7-8-14-27(26)33-28(34)18-17-23-15-16-24(20-31-23)32-29(35)25(22-11-5-2-6-12-22)19-21-9-3-1-4-10-21/h1-18,20,25H,19,30H2,(H,32,35)(H,33,34)/b18-17+. The molecule has 0 radical (unpaired) electrons. The molecule has 1 unspecified atom stereocenters. The van der Waals surface area contributed by atoms with Gasteiger partial charge in [-0.1, -0.05) is 72.8 Å². The van der Waals surface area contributed by atoms with Gasteiger partial charge in [-0.3, -0.25) is 14.6 Å². The molecule has 0 aliphatic carbocycles. The van der Waals surface area contributed by atoms with Crippen molar-refractivity contribution in [1.82, 2.24) is 4.98 Å². The van der Waals surface area contributed by atoms with E-state index < -0.39 is 0 Å². The van der Waals surface area contributed by atoms with Gasteiger partial charge in [0, 0.05) is 6.08 Å². The third-order valence-corrected chi connectivity index (χ3v) is 5.48. The first-order valence-corrected chi connectivity index (χ1v) is 11.3. The summed E-state index contributed by atoms with van der Waals surface area (Å²) in [6.07, 6.45) is 5.15. The van der Waals surface area contributed by atoms with Crippen LogP contribution in [0.1, 0.15) is 22.7 Å². The van der Waals surface area contributed by atoms with Crippen LogP contribution in [0.5, 0.6) is 0 Å². The Balaban J connectivity index is 1.41. The van der Waals surface area contributed by atoms with Gasteiger partial charge < -0.3 is 16.4 Å². The van der Waals surface area contributed by atoms with Gasteiger partial charge in [-0.25, -0.2) is 0 Å². The Morgan fingerprint density at radius 1 is 0.829 bits per heavy atom. The maximum absolute atomic E-state index is 13.2. The van der Waals surface area contributed by atoms with Gasteiger partial charge in [-0.05, 0) is 47.9 Å². The molecule has 0 fully saturated rings. The van der Waals surface area contributed by atoms with E-state index in [0.29, 0.717) is 29.2 Å². The van der Waals surface area contributed by atoms with E-state index in [4.69, 9.17) is 5.73 Å². The maximum atomic E-state index is 13.2. The summed E-state index contributed by atoms with van der Waals surface area (Å²) in [6, 6.07) is 30.2. The molecule has 0 saturated heterocycles. The summed E-state index contributed by atoms with van der Waals surface area (Å²) < 4.78 is 0. The highest BCUT2D eigenvalue weighted by Gasteiger charge is 2.21. The van der Waals surface area contributed by atoms with Gasteiger partial charge in [-0.2, -0.15) is 0 Å². The number of nitrogen functional groups attached to an aromatic ring is 1. The van der Waals surface area contributed by atoms with E-state index in [1.165, 1.54) is 6.08 Å². The van der Waals surface area contributed by atoms with Crippen LogP contribution >= 0.6 is 0 Å². The zero-order chi connectivity index (χ0) is 24.5. The molecule has 1 aromatic heterocycles. The summed E-state index contributed by atoms with van der Waals surface area (Å²) in [4.78, 5) is 29.7. The van der Waals surface area contributed by atoms with Crippen molar-refractivity contribution in [2.45, 2.75) is 12.3 Å². The molecule has 2 amide bonds. The zero-order valence-electron chi connectivity index (χ0n) is 19.1. The molecular formula is C29H26N4O2. The molecule has 4 rings (SSSR count). The normalized spacial score (nSPS) is 11.7. The van der Waals surface area contributed by atoms with Crippen LogP contribution in [-0.4, -0.2) is 16.8 Å². The number of amides is 2. The van der Waals surface area contributed by atoms with Crippen LogP contribution in [0.4, 0.5) is 17.1 Å². The van der Waals surface area contributed by atoms with Crippen molar-refractivity contribution < 1.29 is 9.59 Å². The second-order valence-corrected chi connectivity index (χ2v) is 8.02. The van der Waals surface area contributed by atoms with Crippen LogP contribution in [0.3, 0.4) is 0 Å². The van der Waals surface area contributed by atoms with Crippen molar-refractivity contribution in [2.75, 3.05) is 16.4 Å². The lowest BCUT2D eigenvalue weighted by molar-refractivity contribution is -0.117. The number of carbonyl (C=O) groups is 2. The van der Waals surface area contributed by atoms with Gasteiger partial charge in [0.15, 0.2) is 0 Å². The van der Waals surface area contributed by atoms with Crippen LogP contribution < -0.4 is 16.4 Å². The Morgan fingerprint density at radius 3 is 2.20 bits per heavy atom. The van der Waals surface area contributed by atoms with Gasteiger partial charge in [0.05, 0.1) is 34.9 Å². The Kier molecular flexibility index (Phi) is 7.66. The number of nitrogens with zero attached hydrogens (tertiary/aromatic N) is 1. The average Bonchev–Trinajstić information content (AvgIpc) is 2.89. The van der Waals surface area contributed by atoms with Crippen molar-refractivity contribution in [3.63, 3.8) is 0 Å². The summed E-state index contributed by atoms with van der Waals surface area (Å²) in [5.41, 5.74) is 10.1. The van der Waals surface area contributed by atoms with E-state index in [1.54, 1.807) is 48.7 Å². The molecule has 0 spiro atoms. The topological polar surface area (TPSA) is 97.1 Å². The van der Waals surface area contributed by atoms with E-state index >= 15 is 0 Å². The number of rotatable bonds is 8. The third-order valence-electron chi connectivity index (χ3n) is 5.48. The Hall–Kier alpha value is -4.71. The first kappa shape index (κ1) is 23.4. The lowest BCUT2D eigenvalue weighted by Crippen LogP contribution is -2.23. The maximum Gasteiger partial charge on any atom is 0.248 e. The largest absolute Gasteiger partial charge is 0.397 e. The molecule has 4 N–H and O–H groups in total. The van der Waals surface area contributed by atoms with Crippen LogP contribution in [0, 0.1) is 0 Å². The molecule has 3 aromatic carbocycles. The number of carbonyl (C=O) groups excluding carboxylic acids is 2. The number of hydrogen-bond acceptors (Lipinski definition) is 4. The van der Waals surface area contributed by atoms with Crippen LogP contribution in [0.25, 0.3) is 6.08 Å². The van der Waals surface area contributed by atoms with Crippen LogP contribution in [0.15, 0.2) is 109 Å². The second-order valence-electron chi connectivity index (χ2n) is 8.02. The Morgan fingerprint density at radius 2 is 1.51 bits per heavy atom. The minimum atomic E-state index is -0.340. The number of benzene rings is 3. The number of para-hydroxylation sites is 2. The summed E-state index contributed by atoms with van der Waals surface area (Å²) in [5, 5.41) is 5.70. The fourth-order valence-corrected chi connectivity index (χ4v) is 3.65. The summed E-state index contributed by atoms with van der Waals surface area (Å²) in [6.45, 7) is 0. The number of anilines is 3. The van der Waals surface area contributed by atoms with Crippen LogP contribution in [-0.2, 0) is 16.0 Å². The number of aromatic nitrogens is 1. The molecule has 1 heterocycles. The van der Waals surface area contributed by atoms with Gasteiger partial charge in [0.25, 0.3) is 0 Å². The van der Waals surface area contributed by atoms with Crippen molar-refractivity contribution in [2.24, 2.45) is 0 Å². The van der Waals surface area contributed by atoms with Crippen molar-refractivity contribution in [3.05, 3.63) is 126 Å². The molecule has 0 aliphatic rings. The van der Waals surface area contributed by atoms with Gasteiger partial charge in [0.1, 0.15) is 0 Å². The molecule has 174 valence electrons. The van der Waals surface area contributed by atoms with Crippen LogP contribution in [0.2, 0.25) is 0 Å². The SMILES string of the molecule is Nc1ccccc1NC(=O)/C=C/c1ccc(NC(=O)C(Cc2ccccc2)c2ccccc2)cn1. The van der Waals surface area contributed by atoms with Gasteiger partial charge >= 0.3 is 0 Å². The van der Waals surface area contributed by atoms with E-state index in [9.17, 15) is 9.59 Å². The highest BCUT2D eigenvalue weighted by molar-refractivity contribution is 6.03. The molecule has 6 nitrogen and oxygen atoms in total. The molecule has 0 saturated carbocycles. The van der Waals surface area contributed by atoms with Crippen molar-refractivity contribution in [3.8, 4) is 0 Å². The van der Waals surface area contributed by atoms with Gasteiger partial charge in [0.2, 0.25) is 11.8 Å². The first-order valence-electron chi connectivity index (χ1n) is 11.3. The molecule has 0 aliphatic heterocycles. The summed E-state index contributed by atoms with van der Waals surface area (Å²) >= 11 is 0. The molecule has 35 heavy (non-hydrogen) atoms.